The Morgan fingerprint density at radius 3 is 2.50 bits per heavy atom. The lowest BCUT2D eigenvalue weighted by atomic mass is 10.3. The molecule has 0 saturated carbocycles. The van der Waals surface area contributed by atoms with Crippen LogP contribution in [0.5, 0.6) is 5.75 Å². The van der Waals surface area contributed by atoms with Gasteiger partial charge in [0.2, 0.25) is 5.91 Å². The number of amides is 2. The molecule has 0 spiro atoms. The van der Waals surface area contributed by atoms with E-state index in [4.69, 9.17) is 4.74 Å². The molecule has 0 fully saturated rings. The summed E-state index contributed by atoms with van der Waals surface area (Å²) in [6, 6.07) is 9.23. The Morgan fingerprint density at radius 2 is 1.85 bits per heavy atom. The van der Waals surface area contributed by atoms with Crippen molar-refractivity contribution in [2.45, 2.75) is 13.0 Å². The number of benzene rings is 1. The van der Waals surface area contributed by atoms with E-state index in [1.54, 1.807) is 12.1 Å². The Hall–Kier alpha value is -2.08. The first-order chi connectivity index (χ1) is 9.61. The van der Waals surface area contributed by atoms with Gasteiger partial charge in [-0.15, -0.1) is 0 Å². The van der Waals surface area contributed by atoms with E-state index < -0.39 is 0 Å². The molecular formula is C14H21N3O3. The van der Waals surface area contributed by atoms with Crippen LogP contribution < -0.4 is 20.7 Å². The Kier molecular flexibility index (Phi) is 7.13. The van der Waals surface area contributed by atoms with E-state index in [0.717, 1.165) is 0 Å². The van der Waals surface area contributed by atoms with Crippen molar-refractivity contribution in [3.05, 3.63) is 30.3 Å². The SMILES string of the molecule is CNC(C)CNC(=O)CNC(=O)COc1ccccc1. The van der Waals surface area contributed by atoms with Crippen molar-refractivity contribution < 1.29 is 14.3 Å². The van der Waals surface area contributed by atoms with Gasteiger partial charge in [0.15, 0.2) is 6.61 Å². The van der Waals surface area contributed by atoms with Crippen LogP contribution >= 0.6 is 0 Å². The molecule has 3 N–H and O–H groups in total. The van der Waals surface area contributed by atoms with Gasteiger partial charge in [0.25, 0.3) is 5.91 Å². The normalized spacial score (nSPS) is 11.5. The number of rotatable bonds is 8. The molecule has 1 unspecified atom stereocenters. The van der Waals surface area contributed by atoms with Crippen LogP contribution in [-0.2, 0) is 9.59 Å². The van der Waals surface area contributed by atoms with Gasteiger partial charge in [0.05, 0.1) is 6.54 Å². The Balaban J connectivity index is 2.15. The van der Waals surface area contributed by atoms with E-state index in [2.05, 4.69) is 16.0 Å². The lowest BCUT2D eigenvalue weighted by Crippen LogP contribution is -2.43. The zero-order valence-electron chi connectivity index (χ0n) is 11.8. The summed E-state index contributed by atoms with van der Waals surface area (Å²) in [6.45, 7) is 2.32. The standard InChI is InChI=1S/C14H21N3O3/c1-11(15-2)8-16-13(18)9-17-14(19)10-20-12-6-4-3-5-7-12/h3-7,11,15H,8-10H2,1-2H3,(H,16,18)(H,17,19). The molecule has 0 heterocycles. The minimum absolute atomic E-state index is 0.0482. The summed E-state index contributed by atoms with van der Waals surface area (Å²) >= 11 is 0. The van der Waals surface area contributed by atoms with Crippen LogP contribution in [0.15, 0.2) is 30.3 Å². The molecule has 0 bridgehead atoms. The van der Waals surface area contributed by atoms with Gasteiger partial charge in [-0.2, -0.15) is 0 Å². The molecule has 0 radical (unpaired) electrons. The predicted molar refractivity (Wildman–Crippen MR) is 76.5 cm³/mol. The average Bonchev–Trinajstić information content (AvgIpc) is 2.49. The number of carbonyl (C=O) groups is 2. The molecule has 1 aromatic rings. The first-order valence-electron chi connectivity index (χ1n) is 6.50. The fourth-order valence-corrected chi connectivity index (χ4v) is 1.33. The van der Waals surface area contributed by atoms with Crippen molar-refractivity contribution in [3.8, 4) is 5.75 Å². The van der Waals surface area contributed by atoms with Crippen molar-refractivity contribution in [2.75, 3.05) is 26.7 Å². The van der Waals surface area contributed by atoms with E-state index in [1.165, 1.54) is 0 Å². The van der Waals surface area contributed by atoms with Crippen molar-refractivity contribution >= 4 is 11.8 Å². The van der Waals surface area contributed by atoms with Gasteiger partial charge in [-0.3, -0.25) is 9.59 Å². The summed E-state index contributed by atoms with van der Waals surface area (Å²) in [4.78, 5) is 22.9. The fraction of sp³-hybridized carbons (Fsp3) is 0.429. The Morgan fingerprint density at radius 1 is 1.15 bits per heavy atom. The summed E-state index contributed by atoms with van der Waals surface area (Å²) in [5, 5.41) is 8.21. The Labute approximate surface area is 118 Å². The highest BCUT2D eigenvalue weighted by molar-refractivity contribution is 5.85. The summed E-state index contributed by atoms with van der Waals surface area (Å²) in [5.41, 5.74) is 0. The third kappa shape index (κ3) is 6.75. The maximum atomic E-state index is 11.5. The molecule has 0 aliphatic rings. The number of nitrogens with one attached hydrogen (secondary N) is 3. The minimum atomic E-state index is -0.328. The number of hydrogen-bond acceptors (Lipinski definition) is 4. The maximum Gasteiger partial charge on any atom is 0.258 e. The molecule has 0 aromatic heterocycles. The number of likely N-dealkylation sites (N-methyl/N-ethyl adjacent to an activating group) is 1. The monoisotopic (exact) mass is 279 g/mol. The van der Waals surface area contributed by atoms with Crippen molar-refractivity contribution in [2.24, 2.45) is 0 Å². The van der Waals surface area contributed by atoms with Gasteiger partial charge in [-0.05, 0) is 26.1 Å². The Bertz CT molecular complexity index is 423. The lowest BCUT2D eigenvalue weighted by molar-refractivity contribution is -0.127. The topological polar surface area (TPSA) is 79.5 Å². The molecule has 1 rings (SSSR count). The highest BCUT2D eigenvalue weighted by Crippen LogP contribution is 2.07. The van der Waals surface area contributed by atoms with E-state index in [-0.39, 0.29) is 31.0 Å². The first kappa shape index (κ1) is 16.0. The summed E-state index contributed by atoms with van der Waals surface area (Å²) in [5.74, 6) is 0.0702. The molecule has 20 heavy (non-hydrogen) atoms. The quantitative estimate of drug-likeness (QED) is 0.621. The third-order valence-corrected chi connectivity index (χ3v) is 2.66. The maximum absolute atomic E-state index is 11.5. The second-order valence-corrected chi connectivity index (χ2v) is 4.37. The van der Waals surface area contributed by atoms with E-state index in [0.29, 0.717) is 12.3 Å². The molecule has 2 amide bonds. The van der Waals surface area contributed by atoms with Gasteiger partial charge in [-0.1, -0.05) is 18.2 Å². The highest BCUT2D eigenvalue weighted by atomic mass is 16.5. The molecule has 0 aliphatic heterocycles. The molecule has 6 heteroatoms. The largest absolute Gasteiger partial charge is 0.484 e. The van der Waals surface area contributed by atoms with Gasteiger partial charge in [0, 0.05) is 12.6 Å². The second-order valence-electron chi connectivity index (χ2n) is 4.37. The number of carbonyl (C=O) groups excluding carboxylic acids is 2. The van der Waals surface area contributed by atoms with Crippen molar-refractivity contribution in [1.82, 2.24) is 16.0 Å². The highest BCUT2D eigenvalue weighted by Gasteiger charge is 2.07. The summed E-state index contributed by atoms with van der Waals surface area (Å²) < 4.78 is 5.26. The van der Waals surface area contributed by atoms with Crippen LogP contribution in [0, 0.1) is 0 Å². The van der Waals surface area contributed by atoms with E-state index in [1.807, 2.05) is 32.2 Å². The molecule has 1 atom stereocenters. The molecule has 0 saturated heterocycles. The zero-order chi connectivity index (χ0) is 14.8. The van der Waals surface area contributed by atoms with Crippen LogP contribution in [0.1, 0.15) is 6.92 Å². The molecule has 1 aromatic carbocycles. The first-order valence-corrected chi connectivity index (χ1v) is 6.50. The van der Waals surface area contributed by atoms with E-state index in [9.17, 15) is 9.59 Å². The number of ether oxygens (including phenoxy) is 1. The zero-order valence-corrected chi connectivity index (χ0v) is 11.8. The van der Waals surface area contributed by atoms with Gasteiger partial charge in [0.1, 0.15) is 5.75 Å². The predicted octanol–water partition coefficient (Wildman–Crippen LogP) is -0.0943. The second kappa shape index (κ2) is 8.92. The third-order valence-electron chi connectivity index (χ3n) is 2.66. The van der Waals surface area contributed by atoms with Crippen LogP contribution in [0.25, 0.3) is 0 Å². The molecule has 110 valence electrons. The van der Waals surface area contributed by atoms with Crippen LogP contribution in [0.3, 0.4) is 0 Å². The fourth-order valence-electron chi connectivity index (χ4n) is 1.33. The summed E-state index contributed by atoms with van der Waals surface area (Å²) in [6.07, 6.45) is 0. The smallest absolute Gasteiger partial charge is 0.258 e. The lowest BCUT2D eigenvalue weighted by Gasteiger charge is -2.12. The van der Waals surface area contributed by atoms with Gasteiger partial charge >= 0.3 is 0 Å². The molecular weight excluding hydrogens is 258 g/mol. The summed E-state index contributed by atoms with van der Waals surface area (Å²) in [7, 11) is 1.82. The average molecular weight is 279 g/mol. The molecule has 0 aliphatic carbocycles. The van der Waals surface area contributed by atoms with Crippen LogP contribution in [0.4, 0.5) is 0 Å². The van der Waals surface area contributed by atoms with Crippen molar-refractivity contribution in [1.29, 1.82) is 0 Å². The minimum Gasteiger partial charge on any atom is -0.484 e. The van der Waals surface area contributed by atoms with Crippen molar-refractivity contribution in [3.63, 3.8) is 0 Å². The van der Waals surface area contributed by atoms with Crippen LogP contribution in [0.2, 0.25) is 0 Å². The number of hydrogen-bond donors (Lipinski definition) is 3. The van der Waals surface area contributed by atoms with E-state index >= 15 is 0 Å². The van der Waals surface area contributed by atoms with Gasteiger partial charge in [-0.25, -0.2) is 0 Å². The van der Waals surface area contributed by atoms with Gasteiger partial charge < -0.3 is 20.7 Å². The number of para-hydroxylation sites is 1. The van der Waals surface area contributed by atoms with Crippen LogP contribution in [-0.4, -0.2) is 44.6 Å². The molecule has 6 nitrogen and oxygen atoms in total.